The molecule has 4 N–H and O–H groups in total. The van der Waals surface area contributed by atoms with Crippen LogP contribution >= 0.6 is 12.4 Å². The third kappa shape index (κ3) is 4.56. The van der Waals surface area contributed by atoms with Crippen molar-refractivity contribution in [3.05, 3.63) is 76.8 Å². The smallest absolute Gasteiger partial charge is 0.262 e. The number of carbonyl (C=O) groups is 1. The molecule has 0 bridgehead atoms. The number of anilines is 1. The van der Waals surface area contributed by atoms with E-state index >= 15 is 0 Å². The Bertz CT molecular complexity index is 1090. The number of hydrogen-bond donors (Lipinski definition) is 3. The average Bonchev–Trinajstić information content (AvgIpc) is 3.40. The molecule has 2 heterocycles. The van der Waals surface area contributed by atoms with Crippen LogP contribution in [-0.2, 0) is 22.4 Å². The Hall–Kier alpha value is -3.72. The summed E-state index contributed by atoms with van der Waals surface area (Å²) in [5.41, 5.74) is 9.34. The van der Waals surface area contributed by atoms with Gasteiger partial charge in [-0.25, -0.2) is 5.10 Å². The van der Waals surface area contributed by atoms with Crippen LogP contribution in [0, 0.1) is 5.41 Å². The van der Waals surface area contributed by atoms with E-state index in [-0.39, 0.29) is 24.1 Å². The number of ether oxygens (including phenoxy) is 1. The van der Waals surface area contributed by atoms with E-state index < -0.39 is 0 Å². The van der Waals surface area contributed by atoms with Crippen molar-refractivity contribution in [2.75, 3.05) is 18.6 Å². The summed E-state index contributed by atoms with van der Waals surface area (Å²) >= 11 is 0. The van der Waals surface area contributed by atoms with E-state index in [0.717, 1.165) is 29.1 Å². The van der Waals surface area contributed by atoms with Crippen LogP contribution < -0.4 is 10.6 Å². The Balaban J connectivity index is 0.00000272. The van der Waals surface area contributed by atoms with Crippen LogP contribution in [0.15, 0.2) is 54.3 Å². The SMILES string of the molecule is COC1=C(c2ccc(CCc3nnn[nH]3)cc2)C(=O)N(c2ccc(C(=N)N)cc2)C1.Cl. The molecule has 9 nitrogen and oxygen atoms in total. The minimum absolute atomic E-state index is 0. The lowest BCUT2D eigenvalue weighted by Gasteiger charge is -2.17. The fraction of sp³-hybridized carbons (Fsp3) is 0.190. The van der Waals surface area contributed by atoms with E-state index in [9.17, 15) is 4.79 Å². The van der Waals surface area contributed by atoms with Crippen LogP contribution in [0.4, 0.5) is 5.69 Å². The number of amides is 1. The summed E-state index contributed by atoms with van der Waals surface area (Å²) in [5, 5.41) is 21.3. The number of benzene rings is 2. The first-order chi connectivity index (χ1) is 14.6. The Morgan fingerprint density at radius 3 is 2.45 bits per heavy atom. The minimum atomic E-state index is -0.122. The number of nitrogens with zero attached hydrogens (tertiary/aromatic N) is 4. The third-order valence-corrected chi connectivity index (χ3v) is 5.06. The van der Waals surface area contributed by atoms with Gasteiger partial charge in [0.25, 0.3) is 5.91 Å². The van der Waals surface area contributed by atoms with Crippen LogP contribution in [0.25, 0.3) is 5.57 Å². The Morgan fingerprint density at radius 2 is 1.87 bits per heavy atom. The number of H-pyrrole nitrogens is 1. The van der Waals surface area contributed by atoms with Crippen LogP contribution in [0.3, 0.4) is 0 Å². The van der Waals surface area contributed by atoms with Crippen LogP contribution in [0.1, 0.15) is 22.5 Å². The minimum Gasteiger partial charge on any atom is -0.498 e. The standard InChI is InChI=1S/C21H21N7O2.ClH/c1-30-17-12-28(16-9-7-15(8-10-16)20(22)23)21(29)19(17)14-5-2-13(3-6-14)4-11-18-24-26-27-25-18;/h2-3,5-10H,4,11-12H2,1H3,(H3,22,23)(H,24,25,26,27);1H. The van der Waals surface area contributed by atoms with E-state index in [0.29, 0.717) is 29.9 Å². The van der Waals surface area contributed by atoms with Crippen LogP contribution in [0.5, 0.6) is 0 Å². The summed E-state index contributed by atoms with van der Waals surface area (Å²) < 4.78 is 5.53. The molecule has 0 aliphatic carbocycles. The largest absolute Gasteiger partial charge is 0.498 e. The maximum Gasteiger partial charge on any atom is 0.262 e. The highest BCUT2D eigenvalue weighted by Crippen LogP contribution is 2.32. The van der Waals surface area contributed by atoms with E-state index in [2.05, 4.69) is 20.6 Å². The van der Waals surface area contributed by atoms with Crippen molar-refractivity contribution in [2.24, 2.45) is 5.73 Å². The fourth-order valence-electron chi connectivity index (χ4n) is 3.41. The van der Waals surface area contributed by atoms with Crippen molar-refractivity contribution < 1.29 is 9.53 Å². The van der Waals surface area contributed by atoms with Gasteiger partial charge in [-0.1, -0.05) is 24.3 Å². The van der Waals surface area contributed by atoms with Gasteiger partial charge in [0.05, 0.1) is 19.2 Å². The van der Waals surface area contributed by atoms with Gasteiger partial charge in [0.2, 0.25) is 0 Å². The van der Waals surface area contributed by atoms with Crippen molar-refractivity contribution in [2.45, 2.75) is 12.8 Å². The van der Waals surface area contributed by atoms with Crippen molar-refractivity contribution in [3.63, 3.8) is 0 Å². The number of aromatic nitrogens is 4. The molecule has 1 amide bonds. The van der Waals surface area contributed by atoms with E-state index in [1.165, 1.54) is 0 Å². The van der Waals surface area contributed by atoms with Crippen molar-refractivity contribution in [3.8, 4) is 0 Å². The molecule has 2 aromatic carbocycles. The van der Waals surface area contributed by atoms with Gasteiger partial charge < -0.3 is 15.4 Å². The van der Waals surface area contributed by atoms with Gasteiger partial charge in [0.1, 0.15) is 17.4 Å². The maximum absolute atomic E-state index is 13.2. The van der Waals surface area contributed by atoms with Crippen molar-refractivity contribution in [1.82, 2.24) is 20.6 Å². The van der Waals surface area contributed by atoms with Gasteiger partial charge in [-0.3, -0.25) is 10.2 Å². The van der Waals surface area contributed by atoms with Crippen molar-refractivity contribution in [1.29, 1.82) is 5.41 Å². The topological polar surface area (TPSA) is 134 Å². The van der Waals surface area contributed by atoms with E-state index in [4.69, 9.17) is 15.9 Å². The second-order valence-electron chi connectivity index (χ2n) is 6.90. The number of nitrogens with one attached hydrogen (secondary N) is 2. The first-order valence-electron chi connectivity index (χ1n) is 9.42. The fourth-order valence-corrected chi connectivity index (χ4v) is 3.41. The monoisotopic (exact) mass is 439 g/mol. The number of tetrazole rings is 1. The molecule has 10 heteroatoms. The van der Waals surface area contributed by atoms with Gasteiger partial charge in [0.15, 0.2) is 0 Å². The van der Waals surface area contributed by atoms with Crippen LogP contribution in [-0.4, -0.2) is 46.0 Å². The number of hydrogen-bond acceptors (Lipinski definition) is 6. The maximum atomic E-state index is 13.2. The molecule has 4 rings (SSSR count). The Labute approximate surface area is 185 Å². The van der Waals surface area contributed by atoms with E-state index in [1.807, 2.05) is 24.3 Å². The Morgan fingerprint density at radius 1 is 1.16 bits per heavy atom. The second kappa shape index (κ2) is 9.40. The van der Waals surface area contributed by atoms with Gasteiger partial charge in [-0.15, -0.1) is 17.5 Å². The molecule has 1 aliphatic rings. The zero-order valence-corrected chi connectivity index (χ0v) is 17.6. The molecule has 0 atom stereocenters. The number of amidine groups is 1. The number of methoxy groups -OCH3 is 1. The molecule has 160 valence electrons. The third-order valence-electron chi connectivity index (χ3n) is 5.06. The summed E-state index contributed by atoms with van der Waals surface area (Å²) in [6.07, 6.45) is 1.50. The summed E-state index contributed by atoms with van der Waals surface area (Å²) in [7, 11) is 1.57. The molecule has 1 aromatic heterocycles. The lowest BCUT2D eigenvalue weighted by Crippen LogP contribution is -2.26. The lowest BCUT2D eigenvalue weighted by atomic mass is 10.0. The molecule has 0 spiro atoms. The summed E-state index contributed by atoms with van der Waals surface area (Å²) in [5.74, 6) is 1.23. The molecule has 3 aromatic rings. The predicted molar refractivity (Wildman–Crippen MR) is 119 cm³/mol. The van der Waals surface area contributed by atoms with Gasteiger partial charge in [-0.05, 0) is 52.2 Å². The normalized spacial score (nSPS) is 13.3. The summed E-state index contributed by atoms with van der Waals surface area (Å²) in [4.78, 5) is 14.8. The van der Waals surface area contributed by atoms with Gasteiger partial charge >= 0.3 is 0 Å². The molecule has 0 fully saturated rings. The zero-order chi connectivity index (χ0) is 21.1. The van der Waals surface area contributed by atoms with Crippen LogP contribution in [0.2, 0.25) is 0 Å². The molecule has 31 heavy (non-hydrogen) atoms. The van der Waals surface area contributed by atoms with E-state index in [1.54, 1.807) is 36.3 Å². The van der Waals surface area contributed by atoms with Gasteiger partial charge in [0, 0.05) is 17.7 Å². The first-order valence-corrected chi connectivity index (χ1v) is 9.42. The number of aromatic amines is 1. The van der Waals surface area contributed by atoms with Crippen molar-refractivity contribution >= 4 is 35.4 Å². The molecule has 0 saturated heterocycles. The molecular formula is C21H22ClN7O2. The number of nitrogen functional groups attached to an aromatic ring is 1. The molecule has 0 saturated carbocycles. The first kappa shape index (κ1) is 22.0. The highest BCUT2D eigenvalue weighted by atomic mass is 35.5. The molecule has 0 radical (unpaired) electrons. The predicted octanol–water partition coefficient (Wildman–Crippen LogP) is 2.10. The summed E-state index contributed by atoms with van der Waals surface area (Å²) in [6.45, 7) is 0.352. The number of aryl methyl sites for hydroxylation is 2. The highest BCUT2D eigenvalue weighted by molar-refractivity contribution is 6.29. The van der Waals surface area contributed by atoms with Gasteiger partial charge in [-0.2, -0.15) is 0 Å². The quantitative estimate of drug-likeness (QED) is 0.381. The number of nitrogens with two attached hydrogens (primary N) is 1. The number of rotatable bonds is 7. The number of halogens is 1. The zero-order valence-electron chi connectivity index (χ0n) is 16.8. The number of carbonyl (C=O) groups excluding carboxylic acids is 1. The highest BCUT2D eigenvalue weighted by Gasteiger charge is 2.33. The Kier molecular flexibility index (Phi) is 6.66. The lowest BCUT2D eigenvalue weighted by molar-refractivity contribution is -0.112. The molecular weight excluding hydrogens is 418 g/mol. The molecule has 0 unspecified atom stereocenters. The molecule has 1 aliphatic heterocycles. The average molecular weight is 440 g/mol. The second-order valence-corrected chi connectivity index (χ2v) is 6.90. The summed E-state index contributed by atoms with van der Waals surface area (Å²) in [6, 6.07) is 14.9.